The molecule has 2 saturated heterocycles. The van der Waals surface area contributed by atoms with E-state index in [9.17, 15) is 13.2 Å². The molecule has 0 amide bonds. The Bertz CT molecular complexity index is 585. The summed E-state index contributed by atoms with van der Waals surface area (Å²) in [7, 11) is 0. The highest BCUT2D eigenvalue weighted by Crippen LogP contribution is 2.21. The summed E-state index contributed by atoms with van der Waals surface area (Å²) >= 11 is 3.50. The Morgan fingerprint density at radius 1 is 1.11 bits per heavy atom. The van der Waals surface area contributed by atoms with Crippen molar-refractivity contribution in [3.05, 3.63) is 28.7 Å². The van der Waals surface area contributed by atoms with Crippen molar-refractivity contribution >= 4 is 27.6 Å². The van der Waals surface area contributed by atoms with Gasteiger partial charge in [0.1, 0.15) is 0 Å². The van der Waals surface area contributed by atoms with E-state index in [1.807, 2.05) is 0 Å². The quantitative estimate of drug-likeness (QED) is 0.738. The van der Waals surface area contributed by atoms with E-state index in [1.165, 1.54) is 51.3 Å². The van der Waals surface area contributed by atoms with Gasteiger partial charge in [0.25, 0.3) is 0 Å². The summed E-state index contributed by atoms with van der Waals surface area (Å²) in [6, 6.07) is 8.70. The summed E-state index contributed by atoms with van der Waals surface area (Å²) < 4.78 is 32.9. The molecule has 0 saturated carbocycles. The first-order valence-corrected chi connectivity index (χ1v) is 9.78. The molecule has 0 spiro atoms. The zero-order valence-electron chi connectivity index (χ0n) is 15.0. The van der Waals surface area contributed by atoms with Gasteiger partial charge in [-0.05, 0) is 56.1 Å². The van der Waals surface area contributed by atoms with Crippen LogP contribution in [-0.4, -0.2) is 68.0 Å². The predicted molar refractivity (Wildman–Crippen MR) is 102 cm³/mol. The van der Waals surface area contributed by atoms with Crippen LogP contribution in [0.2, 0.25) is 0 Å². The Kier molecular flexibility index (Phi) is 8.37. The molecule has 2 heterocycles. The molecule has 0 aromatic heterocycles. The summed E-state index contributed by atoms with van der Waals surface area (Å²) in [5, 5.41) is 10.6. The van der Waals surface area contributed by atoms with Gasteiger partial charge in [0.15, 0.2) is 0 Å². The lowest BCUT2D eigenvalue weighted by Gasteiger charge is -2.38. The van der Waals surface area contributed by atoms with Gasteiger partial charge in [-0.15, -0.1) is 0 Å². The summed E-state index contributed by atoms with van der Waals surface area (Å²) in [6.45, 7) is 8.46. The lowest BCUT2D eigenvalue weighted by atomic mass is 9.97. The number of carboxylic acid groups (broad SMARTS) is 1. The Labute approximate surface area is 165 Å². The van der Waals surface area contributed by atoms with Gasteiger partial charge in [-0.25, -0.2) is 4.79 Å². The molecule has 3 rings (SSSR count). The first kappa shape index (κ1) is 22.0. The standard InChI is InChI=1S/C16H24BrN3.C2HF3O2/c17-15-1-3-16(4-2-15)20-11-9-19(10-12-20)13-14-5-7-18-8-6-14;3-2(4,5)1(6)7/h1-4,14,18H,5-13H2;(H,6,7). The van der Waals surface area contributed by atoms with Crippen molar-refractivity contribution in [3.63, 3.8) is 0 Å². The number of carboxylic acids is 1. The van der Waals surface area contributed by atoms with E-state index < -0.39 is 12.1 Å². The summed E-state index contributed by atoms with van der Waals surface area (Å²) in [4.78, 5) is 14.1. The van der Waals surface area contributed by atoms with E-state index in [4.69, 9.17) is 9.90 Å². The highest BCUT2D eigenvalue weighted by molar-refractivity contribution is 9.10. The number of benzene rings is 1. The van der Waals surface area contributed by atoms with E-state index in [2.05, 4.69) is 55.3 Å². The zero-order valence-corrected chi connectivity index (χ0v) is 16.6. The SMILES string of the molecule is Brc1ccc(N2CCN(CC3CCNCC3)CC2)cc1.O=C(O)C(F)(F)F. The fraction of sp³-hybridized carbons (Fsp3) is 0.611. The third kappa shape index (κ3) is 7.67. The summed E-state index contributed by atoms with van der Waals surface area (Å²) in [5.41, 5.74) is 1.36. The highest BCUT2D eigenvalue weighted by atomic mass is 79.9. The minimum absolute atomic E-state index is 0.912. The van der Waals surface area contributed by atoms with E-state index >= 15 is 0 Å². The van der Waals surface area contributed by atoms with Gasteiger partial charge in [0.05, 0.1) is 0 Å². The topological polar surface area (TPSA) is 55.8 Å². The number of halogens is 4. The second kappa shape index (κ2) is 10.3. The number of hydrogen-bond donors (Lipinski definition) is 2. The number of carbonyl (C=O) groups is 1. The molecule has 9 heteroatoms. The van der Waals surface area contributed by atoms with Crippen molar-refractivity contribution in [2.45, 2.75) is 19.0 Å². The lowest BCUT2D eigenvalue weighted by Crippen LogP contribution is -2.48. The number of piperazine rings is 1. The van der Waals surface area contributed by atoms with Crippen molar-refractivity contribution in [2.24, 2.45) is 5.92 Å². The Hall–Kier alpha value is -1.32. The maximum Gasteiger partial charge on any atom is 0.490 e. The van der Waals surface area contributed by atoms with Gasteiger partial charge < -0.3 is 15.3 Å². The number of nitrogens with one attached hydrogen (secondary N) is 1. The number of piperidine rings is 1. The number of aliphatic carboxylic acids is 1. The Balaban J connectivity index is 0.000000321. The molecule has 1 aromatic carbocycles. The first-order valence-electron chi connectivity index (χ1n) is 8.99. The first-order chi connectivity index (χ1) is 12.8. The molecule has 2 N–H and O–H groups in total. The van der Waals surface area contributed by atoms with Crippen LogP contribution >= 0.6 is 15.9 Å². The second-order valence-electron chi connectivity index (χ2n) is 6.76. The number of rotatable bonds is 3. The second-order valence-corrected chi connectivity index (χ2v) is 7.68. The molecule has 5 nitrogen and oxygen atoms in total. The van der Waals surface area contributed by atoms with Crippen molar-refractivity contribution in [3.8, 4) is 0 Å². The van der Waals surface area contributed by atoms with Gasteiger partial charge in [0.2, 0.25) is 0 Å². The number of hydrogen-bond acceptors (Lipinski definition) is 4. The molecule has 0 aliphatic carbocycles. The van der Waals surface area contributed by atoms with Crippen molar-refractivity contribution in [1.29, 1.82) is 0 Å². The molecule has 0 atom stereocenters. The molecule has 2 aliphatic heterocycles. The van der Waals surface area contributed by atoms with Crippen LogP contribution in [-0.2, 0) is 4.79 Å². The molecule has 0 bridgehead atoms. The van der Waals surface area contributed by atoms with Crippen molar-refractivity contribution in [2.75, 3.05) is 50.7 Å². The largest absolute Gasteiger partial charge is 0.490 e. The molecular weight excluding hydrogens is 427 g/mol. The smallest absolute Gasteiger partial charge is 0.475 e. The Morgan fingerprint density at radius 3 is 2.11 bits per heavy atom. The van der Waals surface area contributed by atoms with Gasteiger partial charge in [-0.2, -0.15) is 13.2 Å². The van der Waals surface area contributed by atoms with Crippen LogP contribution in [0.25, 0.3) is 0 Å². The third-order valence-electron chi connectivity index (χ3n) is 4.78. The summed E-state index contributed by atoms with van der Waals surface area (Å²) in [6.07, 6.45) is -2.38. The number of alkyl halides is 3. The predicted octanol–water partition coefficient (Wildman–Crippen LogP) is 3.20. The molecule has 0 radical (unpaired) electrons. The minimum atomic E-state index is -5.08. The van der Waals surface area contributed by atoms with Crippen molar-refractivity contribution in [1.82, 2.24) is 10.2 Å². The lowest BCUT2D eigenvalue weighted by molar-refractivity contribution is -0.192. The number of nitrogens with zero attached hydrogens (tertiary/aromatic N) is 2. The molecule has 0 unspecified atom stereocenters. The maximum atomic E-state index is 10.6. The van der Waals surface area contributed by atoms with Crippen LogP contribution in [0.3, 0.4) is 0 Å². The average molecular weight is 452 g/mol. The summed E-state index contributed by atoms with van der Waals surface area (Å²) in [5.74, 6) is -1.84. The highest BCUT2D eigenvalue weighted by Gasteiger charge is 2.38. The Morgan fingerprint density at radius 2 is 1.63 bits per heavy atom. The van der Waals surface area contributed by atoms with Gasteiger partial charge >= 0.3 is 12.1 Å². The fourth-order valence-electron chi connectivity index (χ4n) is 3.27. The molecule has 1 aromatic rings. The monoisotopic (exact) mass is 451 g/mol. The van der Waals surface area contributed by atoms with Crippen LogP contribution in [0.5, 0.6) is 0 Å². The van der Waals surface area contributed by atoms with E-state index in [0.717, 1.165) is 23.5 Å². The van der Waals surface area contributed by atoms with Crippen LogP contribution < -0.4 is 10.2 Å². The van der Waals surface area contributed by atoms with Gasteiger partial charge in [-0.3, -0.25) is 4.90 Å². The van der Waals surface area contributed by atoms with Gasteiger partial charge in [0, 0.05) is 42.9 Å². The normalized spacial score (nSPS) is 19.3. The molecule has 152 valence electrons. The third-order valence-corrected chi connectivity index (χ3v) is 5.31. The number of anilines is 1. The molecule has 27 heavy (non-hydrogen) atoms. The van der Waals surface area contributed by atoms with E-state index in [1.54, 1.807) is 0 Å². The fourth-order valence-corrected chi connectivity index (χ4v) is 3.53. The van der Waals surface area contributed by atoms with Crippen LogP contribution in [0.1, 0.15) is 12.8 Å². The van der Waals surface area contributed by atoms with E-state index in [0.29, 0.717) is 0 Å². The molecule has 2 aliphatic rings. The van der Waals surface area contributed by atoms with Gasteiger partial charge in [-0.1, -0.05) is 15.9 Å². The van der Waals surface area contributed by atoms with E-state index in [-0.39, 0.29) is 0 Å². The zero-order chi connectivity index (χ0) is 19.9. The minimum Gasteiger partial charge on any atom is -0.475 e. The molecular formula is C18H25BrF3N3O2. The van der Waals surface area contributed by atoms with Crippen LogP contribution in [0.15, 0.2) is 28.7 Å². The van der Waals surface area contributed by atoms with Crippen molar-refractivity contribution < 1.29 is 23.1 Å². The maximum absolute atomic E-state index is 10.6. The van der Waals surface area contributed by atoms with Crippen LogP contribution in [0, 0.1) is 5.92 Å². The average Bonchev–Trinajstić information content (AvgIpc) is 2.64. The van der Waals surface area contributed by atoms with Crippen LogP contribution in [0.4, 0.5) is 18.9 Å². The molecule has 2 fully saturated rings.